The molecule has 0 unspecified atom stereocenters. The van der Waals surface area contributed by atoms with E-state index in [2.05, 4.69) is 20.4 Å². The Morgan fingerprint density at radius 1 is 1.50 bits per heavy atom. The largest absolute Gasteiger partial charge is 0.390 e. The maximum absolute atomic E-state index is 9.67. The van der Waals surface area contributed by atoms with E-state index >= 15 is 0 Å². The van der Waals surface area contributed by atoms with Crippen LogP contribution >= 0.6 is 0 Å². The summed E-state index contributed by atoms with van der Waals surface area (Å²) in [5, 5.41) is 9.67. The van der Waals surface area contributed by atoms with Gasteiger partial charge in [0.05, 0.1) is 5.60 Å². The standard InChI is InChI=1S/C9H16O/c1-4-5-9(10)6-8(2,3)7-9/h4,10H,1,5-7H2,2-3H3. The summed E-state index contributed by atoms with van der Waals surface area (Å²) in [4.78, 5) is 0. The van der Waals surface area contributed by atoms with Crippen LogP contribution in [0, 0.1) is 5.41 Å². The van der Waals surface area contributed by atoms with Crippen LogP contribution in [-0.2, 0) is 0 Å². The van der Waals surface area contributed by atoms with E-state index in [9.17, 15) is 5.11 Å². The first kappa shape index (κ1) is 7.80. The lowest BCUT2D eigenvalue weighted by atomic mass is 9.60. The quantitative estimate of drug-likeness (QED) is 0.582. The number of aliphatic hydroxyl groups is 1. The van der Waals surface area contributed by atoms with E-state index in [0.717, 1.165) is 19.3 Å². The molecule has 1 heteroatoms. The summed E-state index contributed by atoms with van der Waals surface area (Å²) in [5.41, 5.74) is -0.0526. The van der Waals surface area contributed by atoms with E-state index in [1.54, 1.807) is 6.08 Å². The molecular weight excluding hydrogens is 124 g/mol. The highest BCUT2D eigenvalue weighted by Gasteiger charge is 2.46. The van der Waals surface area contributed by atoms with Crippen LogP contribution in [0.4, 0.5) is 0 Å². The zero-order valence-electron chi connectivity index (χ0n) is 6.85. The van der Waals surface area contributed by atoms with Gasteiger partial charge in [-0.2, -0.15) is 0 Å². The normalized spacial score (nSPS) is 27.1. The van der Waals surface area contributed by atoms with Gasteiger partial charge < -0.3 is 5.11 Å². The van der Waals surface area contributed by atoms with Crippen LogP contribution in [0.5, 0.6) is 0 Å². The molecular formula is C9H16O. The SMILES string of the molecule is C=CCC1(O)CC(C)(C)C1. The molecule has 58 valence electrons. The van der Waals surface area contributed by atoms with Gasteiger partial charge in [-0.15, -0.1) is 6.58 Å². The first-order chi connectivity index (χ1) is 4.47. The van der Waals surface area contributed by atoms with Crippen LogP contribution in [0.1, 0.15) is 33.1 Å². The van der Waals surface area contributed by atoms with Crippen molar-refractivity contribution in [1.82, 2.24) is 0 Å². The van der Waals surface area contributed by atoms with E-state index in [1.807, 2.05) is 0 Å². The Hall–Kier alpha value is -0.300. The van der Waals surface area contributed by atoms with Gasteiger partial charge in [0.1, 0.15) is 0 Å². The first-order valence-corrected chi connectivity index (χ1v) is 3.81. The van der Waals surface area contributed by atoms with Crippen LogP contribution in [-0.4, -0.2) is 10.7 Å². The third-order valence-corrected chi connectivity index (χ3v) is 2.14. The molecule has 1 nitrogen and oxygen atoms in total. The lowest BCUT2D eigenvalue weighted by Crippen LogP contribution is -2.48. The van der Waals surface area contributed by atoms with E-state index in [0.29, 0.717) is 5.41 Å². The molecule has 0 radical (unpaired) electrons. The molecule has 10 heavy (non-hydrogen) atoms. The van der Waals surface area contributed by atoms with Gasteiger partial charge in [0, 0.05) is 0 Å². The van der Waals surface area contributed by atoms with E-state index in [1.165, 1.54) is 0 Å². The number of rotatable bonds is 2. The molecule has 0 spiro atoms. The number of hydrogen-bond donors (Lipinski definition) is 1. The summed E-state index contributed by atoms with van der Waals surface area (Å²) >= 11 is 0. The Kier molecular flexibility index (Phi) is 1.63. The van der Waals surface area contributed by atoms with Crippen molar-refractivity contribution in [1.29, 1.82) is 0 Å². The van der Waals surface area contributed by atoms with Crippen LogP contribution in [0.25, 0.3) is 0 Å². The predicted octanol–water partition coefficient (Wildman–Crippen LogP) is 2.11. The predicted molar refractivity (Wildman–Crippen MR) is 42.8 cm³/mol. The van der Waals surface area contributed by atoms with E-state index in [-0.39, 0.29) is 0 Å². The molecule has 0 aliphatic heterocycles. The fourth-order valence-electron chi connectivity index (χ4n) is 2.14. The first-order valence-electron chi connectivity index (χ1n) is 3.81. The van der Waals surface area contributed by atoms with Gasteiger partial charge in [0.15, 0.2) is 0 Å². The minimum atomic E-state index is -0.411. The van der Waals surface area contributed by atoms with Gasteiger partial charge in [-0.25, -0.2) is 0 Å². The third-order valence-electron chi connectivity index (χ3n) is 2.14. The zero-order valence-corrected chi connectivity index (χ0v) is 6.85. The van der Waals surface area contributed by atoms with Gasteiger partial charge in [0.25, 0.3) is 0 Å². The highest BCUT2D eigenvalue weighted by molar-refractivity contribution is 5.02. The van der Waals surface area contributed by atoms with Crippen molar-refractivity contribution >= 4 is 0 Å². The highest BCUT2D eigenvalue weighted by atomic mass is 16.3. The van der Waals surface area contributed by atoms with Crippen molar-refractivity contribution in [2.45, 2.75) is 38.7 Å². The third kappa shape index (κ3) is 1.40. The molecule has 1 rings (SSSR count). The molecule has 0 aromatic heterocycles. The molecule has 1 fully saturated rings. The molecule has 0 bridgehead atoms. The maximum Gasteiger partial charge on any atom is 0.0692 e. The molecule has 1 saturated carbocycles. The molecule has 0 amide bonds. The summed E-state index contributed by atoms with van der Waals surface area (Å²) in [6.07, 6.45) is 4.39. The van der Waals surface area contributed by atoms with Gasteiger partial charge in [0.2, 0.25) is 0 Å². The molecule has 1 aliphatic rings. The maximum atomic E-state index is 9.67. The van der Waals surface area contributed by atoms with Gasteiger partial charge in [-0.3, -0.25) is 0 Å². The van der Waals surface area contributed by atoms with Gasteiger partial charge >= 0.3 is 0 Å². The van der Waals surface area contributed by atoms with Gasteiger partial charge in [-0.05, 0) is 24.7 Å². The average Bonchev–Trinajstić information content (AvgIpc) is 1.58. The molecule has 1 aliphatic carbocycles. The monoisotopic (exact) mass is 140 g/mol. The van der Waals surface area contributed by atoms with Crippen LogP contribution in [0.15, 0.2) is 12.7 Å². The van der Waals surface area contributed by atoms with E-state index < -0.39 is 5.60 Å². The fourth-order valence-corrected chi connectivity index (χ4v) is 2.14. The average molecular weight is 140 g/mol. The molecule has 1 N–H and O–H groups in total. The Morgan fingerprint density at radius 2 is 2.00 bits per heavy atom. The fraction of sp³-hybridized carbons (Fsp3) is 0.778. The second-order valence-corrected chi connectivity index (χ2v) is 4.23. The molecule has 0 aromatic rings. The van der Waals surface area contributed by atoms with E-state index in [4.69, 9.17) is 0 Å². The van der Waals surface area contributed by atoms with Crippen LogP contribution < -0.4 is 0 Å². The molecule has 0 atom stereocenters. The van der Waals surface area contributed by atoms with Crippen LogP contribution in [0.3, 0.4) is 0 Å². The molecule has 0 saturated heterocycles. The second kappa shape index (κ2) is 2.09. The minimum absolute atomic E-state index is 0.359. The zero-order chi connectivity index (χ0) is 7.83. The van der Waals surface area contributed by atoms with Crippen molar-refractivity contribution in [3.8, 4) is 0 Å². The highest BCUT2D eigenvalue weighted by Crippen LogP contribution is 2.49. The molecule has 0 aromatic carbocycles. The Morgan fingerprint density at radius 3 is 2.30 bits per heavy atom. The summed E-state index contributed by atoms with van der Waals surface area (Å²) in [6, 6.07) is 0. The lowest BCUT2D eigenvalue weighted by molar-refractivity contribution is -0.109. The van der Waals surface area contributed by atoms with Crippen LogP contribution in [0.2, 0.25) is 0 Å². The van der Waals surface area contributed by atoms with Gasteiger partial charge in [-0.1, -0.05) is 19.9 Å². The Labute approximate surface area is 62.8 Å². The minimum Gasteiger partial charge on any atom is -0.390 e. The topological polar surface area (TPSA) is 20.2 Å². The Balaban J connectivity index is 2.41. The number of hydrogen-bond acceptors (Lipinski definition) is 1. The Bertz CT molecular complexity index is 139. The second-order valence-electron chi connectivity index (χ2n) is 4.23. The summed E-state index contributed by atoms with van der Waals surface area (Å²) in [7, 11) is 0. The summed E-state index contributed by atoms with van der Waals surface area (Å²) < 4.78 is 0. The van der Waals surface area contributed by atoms with Crippen molar-refractivity contribution in [2.24, 2.45) is 5.41 Å². The van der Waals surface area contributed by atoms with Crippen molar-refractivity contribution in [2.75, 3.05) is 0 Å². The van der Waals surface area contributed by atoms with Crippen molar-refractivity contribution in [3.05, 3.63) is 12.7 Å². The van der Waals surface area contributed by atoms with Crippen molar-refractivity contribution < 1.29 is 5.11 Å². The lowest BCUT2D eigenvalue weighted by Gasteiger charge is -2.49. The summed E-state index contributed by atoms with van der Waals surface area (Å²) in [6.45, 7) is 7.99. The van der Waals surface area contributed by atoms with Crippen molar-refractivity contribution in [3.63, 3.8) is 0 Å². The summed E-state index contributed by atoms with van der Waals surface area (Å²) in [5.74, 6) is 0. The smallest absolute Gasteiger partial charge is 0.0692 e. The molecule has 0 heterocycles.